The molecule has 1 fully saturated rings. The Morgan fingerprint density at radius 1 is 1.38 bits per heavy atom. The van der Waals surface area contributed by atoms with Gasteiger partial charge >= 0.3 is 5.97 Å². The van der Waals surface area contributed by atoms with Gasteiger partial charge in [-0.3, -0.25) is 4.79 Å². The Morgan fingerprint density at radius 3 is 2.38 bits per heavy atom. The molecule has 1 aliphatic rings. The Balaban J connectivity index is 2.95. The molecule has 0 aliphatic heterocycles. The molecule has 6 heteroatoms. The first-order chi connectivity index (χ1) is 7.28. The zero-order valence-electron chi connectivity index (χ0n) is 9.88. The molecule has 16 heavy (non-hydrogen) atoms. The lowest BCUT2D eigenvalue weighted by molar-refractivity contribution is -0.141. The van der Waals surface area contributed by atoms with Gasteiger partial charge in [-0.05, 0) is 26.7 Å². The molecule has 0 heterocycles. The lowest BCUT2D eigenvalue weighted by Crippen LogP contribution is -2.43. The first-order valence-corrected chi connectivity index (χ1v) is 6.98. The fourth-order valence-electron chi connectivity index (χ4n) is 2.07. The number of hydrogen-bond donors (Lipinski definition) is 1. The number of carboxylic acid groups (broad SMARTS) is 1. The van der Waals surface area contributed by atoms with Gasteiger partial charge in [-0.15, -0.1) is 0 Å². The zero-order chi connectivity index (χ0) is 12.5. The van der Waals surface area contributed by atoms with Crippen molar-refractivity contribution >= 4 is 16.0 Å². The van der Waals surface area contributed by atoms with E-state index in [0.717, 1.165) is 0 Å². The maximum Gasteiger partial charge on any atom is 0.307 e. The van der Waals surface area contributed by atoms with Crippen molar-refractivity contribution in [1.82, 2.24) is 4.31 Å². The summed E-state index contributed by atoms with van der Waals surface area (Å²) in [4.78, 5) is 11.0. The standard InChI is InChI=1S/C10H19NO4S/c1-7(2)11(3)16(14,15)9-6-4-5-8(9)10(12)13/h7-9H,4-6H2,1-3H3,(H,12,13). The topological polar surface area (TPSA) is 74.7 Å². The molecule has 2 atom stereocenters. The van der Waals surface area contributed by atoms with Gasteiger partial charge in [0.05, 0.1) is 11.2 Å². The summed E-state index contributed by atoms with van der Waals surface area (Å²) in [5.74, 6) is -1.74. The Kier molecular flexibility index (Phi) is 3.96. The van der Waals surface area contributed by atoms with Crippen LogP contribution in [0, 0.1) is 5.92 Å². The Morgan fingerprint density at radius 2 is 1.94 bits per heavy atom. The van der Waals surface area contributed by atoms with Gasteiger partial charge in [0, 0.05) is 13.1 Å². The van der Waals surface area contributed by atoms with E-state index in [1.165, 1.54) is 11.4 Å². The van der Waals surface area contributed by atoms with E-state index in [4.69, 9.17) is 5.11 Å². The van der Waals surface area contributed by atoms with Crippen LogP contribution < -0.4 is 0 Å². The third kappa shape index (κ3) is 2.38. The van der Waals surface area contributed by atoms with Crippen LogP contribution in [0.15, 0.2) is 0 Å². The molecule has 5 nitrogen and oxygen atoms in total. The van der Waals surface area contributed by atoms with Crippen LogP contribution in [0.4, 0.5) is 0 Å². The molecule has 0 radical (unpaired) electrons. The number of nitrogens with zero attached hydrogens (tertiary/aromatic N) is 1. The van der Waals surface area contributed by atoms with Crippen LogP contribution in [0.2, 0.25) is 0 Å². The van der Waals surface area contributed by atoms with Gasteiger partial charge in [0.2, 0.25) is 10.0 Å². The van der Waals surface area contributed by atoms with E-state index in [1.54, 1.807) is 13.8 Å². The highest BCUT2D eigenvalue weighted by Crippen LogP contribution is 2.33. The molecule has 1 saturated carbocycles. The summed E-state index contributed by atoms with van der Waals surface area (Å²) in [5.41, 5.74) is 0. The molecule has 0 aromatic rings. The number of carboxylic acids is 1. The first kappa shape index (κ1) is 13.4. The van der Waals surface area contributed by atoms with Crippen molar-refractivity contribution in [3.63, 3.8) is 0 Å². The molecule has 0 aromatic carbocycles. The van der Waals surface area contributed by atoms with Gasteiger partial charge in [-0.2, -0.15) is 0 Å². The summed E-state index contributed by atoms with van der Waals surface area (Å²) in [6.45, 7) is 3.56. The van der Waals surface area contributed by atoms with Crippen molar-refractivity contribution in [1.29, 1.82) is 0 Å². The second-order valence-electron chi connectivity index (χ2n) is 4.57. The second-order valence-corrected chi connectivity index (χ2v) is 6.78. The summed E-state index contributed by atoms with van der Waals surface area (Å²) in [7, 11) is -1.97. The third-order valence-corrected chi connectivity index (χ3v) is 5.83. The van der Waals surface area contributed by atoms with Gasteiger partial charge in [-0.25, -0.2) is 12.7 Å². The van der Waals surface area contributed by atoms with E-state index in [2.05, 4.69) is 0 Å². The van der Waals surface area contributed by atoms with E-state index in [9.17, 15) is 13.2 Å². The zero-order valence-corrected chi connectivity index (χ0v) is 10.7. The average Bonchev–Trinajstić information content (AvgIpc) is 2.65. The SMILES string of the molecule is CC(C)N(C)S(=O)(=O)C1CCCC1C(=O)O. The maximum atomic E-state index is 12.2. The van der Waals surface area contributed by atoms with Crippen molar-refractivity contribution in [3.8, 4) is 0 Å². The predicted molar refractivity (Wildman–Crippen MR) is 60.6 cm³/mol. The quantitative estimate of drug-likeness (QED) is 0.803. The normalized spacial score (nSPS) is 26.6. The Hall–Kier alpha value is -0.620. The van der Waals surface area contributed by atoms with E-state index in [0.29, 0.717) is 19.3 Å². The van der Waals surface area contributed by atoms with E-state index in [1.807, 2.05) is 0 Å². The van der Waals surface area contributed by atoms with Crippen molar-refractivity contribution in [3.05, 3.63) is 0 Å². The molecule has 0 spiro atoms. The van der Waals surface area contributed by atoms with Crippen LogP contribution in [0.1, 0.15) is 33.1 Å². The first-order valence-electron chi connectivity index (χ1n) is 5.48. The number of aliphatic carboxylic acids is 1. The maximum absolute atomic E-state index is 12.2. The minimum Gasteiger partial charge on any atom is -0.481 e. The summed E-state index contributed by atoms with van der Waals surface area (Å²) < 4.78 is 25.6. The number of rotatable bonds is 4. The van der Waals surface area contributed by atoms with Crippen molar-refractivity contribution in [2.75, 3.05) is 7.05 Å². The highest BCUT2D eigenvalue weighted by atomic mass is 32.2. The minimum absolute atomic E-state index is 0.139. The fourth-order valence-corrected chi connectivity index (χ4v) is 4.22. The molecule has 1 aliphatic carbocycles. The van der Waals surface area contributed by atoms with E-state index >= 15 is 0 Å². The van der Waals surface area contributed by atoms with Crippen LogP contribution in [-0.4, -0.2) is 42.1 Å². The fraction of sp³-hybridized carbons (Fsp3) is 0.900. The monoisotopic (exact) mass is 249 g/mol. The van der Waals surface area contributed by atoms with Gasteiger partial charge in [0.1, 0.15) is 0 Å². The Bertz CT molecular complexity index is 363. The Labute approximate surface area is 96.5 Å². The minimum atomic E-state index is -3.48. The van der Waals surface area contributed by atoms with Crippen LogP contribution in [0.25, 0.3) is 0 Å². The van der Waals surface area contributed by atoms with Gasteiger partial charge in [0.25, 0.3) is 0 Å². The highest BCUT2D eigenvalue weighted by Gasteiger charge is 2.43. The molecule has 1 N–H and O–H groups in total. The van der Waals surface area contributed by atoms with Crippen LogP contribution >= 0.6 is 0 Å². The largest absolute Gasteiger partial charge is 0.481 e. The van der Waals surface area contributed by atoms with Crippen LogP contribution in [0.3, 0.4) is 0 Å². The summed E-state index contributed by atoms with van der Waals surface area (Å²) in [6, 6.07) is -0.139. The molecule has 0 aromatic heterocycles. The second kappa shape index (κ2) is 4.71. The molecule has 0 amide bonds. The number of carbonyl (C=O) groups is 1. The predicted octanol–water partition coefficient (Wildman–Crippen LogP) is 0.910. The van der Waals surface area contributed by atoms with Crippen molar-refractivity contribution in [2.24, 2.45) is 5.92 Å². The smallest absolute Gasteiger partial charge is 0.307 e. The van der Waals surface area contributed by atoms with Gasteiger partial charge in [0.15, 0.2) is 0 Å². The lowest BCUT2D eigenvalue weighted by Gasteiger charge is -2.26. The third-order valence-electron chi connectivity index (χ3n) is 3.28. The van der Waals surface area contributed by atoms with Gasteiger partial charge < -0.3 is 5.11 Å². The van der Waals surface area contributed by atoms with E-state index < -0.39 is 27.2 Å². The average molecular weight is 249 g/mol. The molecular weight excluding hydrogens is 230 g/mol. The summed E-state index contributed by atoms with van der Waals surface area (Å²) in [5, 5.41) is 8.23. The van der Waals surface area contributed by atoms with Gasteiger partial charge in [-0.1, -0.05) is 6.42 Å². The van der Waals surface area contributed by atoms with Crippen molar-refractivity contribution < 1.29 is 18.3 Å². The molecule has 0 saturated heterocycles. The molecule has 1 rings (SSSR count). The summed E-state index contributed by atoms with van der Waals surface area (Å²) >= 11 is 0. The molecule has 94 valence electrons. The molecular formula is C10H19NO4S. The van der Waals surface area contributed by atoms with Crippen LogP contribution in [-0.2, 0) is 14.8 Å². The van der Waals surface area contributed by atoms with E-state index in [-0.39, 0.29) is 6.04 Å². The highest BCUT2D eigenvalue weighted by molar-refractivity contribution is 7.89. The number of sulfonamides is 1. The number of hydrogen-bond acceptors (Lipinski definition) is 3. The lowest BCUT2D eigenvalue weighted by atomic mass is 10.1. The molecule has 2 unspecified atom stereocenters. The van der Waals surface area contributed by atoms with Crippen molar-refractivity contribution in [2.45, 2.75) is 44.4 Å². The molecule has 0 bridgehead atoms. The summed E-state index contributed by atoms with van der Waals surface area (Å²) in [6.07, 6.45) is 1.59. The van der Waals surface area contributed by atoms with Crippen LogP contribution in [0.5, 0.6) is 0 Å².